The Hall–Kier alpha value is -2.50. The van der Waals surface area contributed by atoms with Crippen molar-refractivity contribution in [3.63, 3.8) is 0 Å². The summed E-state index contributed by atoms with van der Waals surface area (Å²) in [6.07, 6.45) is 1.73. The Morgan fingerprint density at radius 2 is 1.32 bits per heavy atom. The first-order valence-corrected chi connectivity index (χ1v) is 7.05. The van der Waals surface area contributed by atoms with Crippen molar-refractivity contribution >= 4 is 6.08 Å². The Morgan fingerprint density at radius 3 is 1.76 bits per heavy atom. The molecule has 0 saturated carbocycles. The highest BCUT2D eigenvalue weighted by molar-refractivity contribution is 5.50. The van der Waals surface area contributed by atoms with Crippen LogP contribution >= 0.6 is 0 Å². The molecule has 0 bridgehead atoms. The molecule has 2 aromatic carbocycles. The fourth-order valence-electron chi connectivity index (χ4n) is 1.85. The normalized spacial score (nSPS) is 9.40. The lowest BCUT2D eigenvalue weighted by Gasteiger charge is -2.04. The lowest BCUT2D eigenvalue weighted by Crippen LogP contribution is -1.94. The Kier molecular flexibility index (Phi) is 9.34. The number of methoxy groups -OCH3 is 2. The van der Waals surface area contributed by atoms with Crippen LogP contribution in [0.4, 0.5) is 17.6 Å². The summed E-state index contributed by atoms with van der Waals surface area (Å²) in [5, 5.41) is 0. The van der Waals surface area contributed by atoms with Crippen molar-refractivity contribution in [1.82, 2.24) is 0 Å². The Bertz CT molecular complexity index is 685. The first kappa shape index (κ1) is 22.5. The zero-order valence-electron chi connectivity index (χ0n) is 13.6. The number of aryl methyl sites for hydroxylation is 1. The van der Waals surface area contributed by atoms with Gasteiger partial charge >= 0.3 is 0 Å². The van der Waals surface area contributed by atoms with E-state index >= 15 is 0 Å². The number of ether oxygens (including phenoxy) is 2. The van der Waals surface area contributed by atoms with E-state index in [-0.39, 0.29) is 24.5 Å². The highest BCUT2D eigenvalue weighted by Crippen LogP contribution is 2.22. The number of hydrogen-bond donors (Lipinski definition) is 0. The standard InChI is InChI=1S/C9H10F2O.C9H8F2O.CH4/c2*1-3-6-4-8(11)9(12-2)5-7(6)10;/h4-5H,3H2,1-2H3;3-5H,1H2,2H3;1H4. The molecular formula is C19H22F4O2. The molecule has 2 nitrogen and oxygen atoms in total. The van der Waals surface area contributed by atoms with Gasteiger partial charge in [-0.15, -0.1) is 0 Å². The summed E-state index contributed by atoms with van der Waals surface area (Å²) in [4.78, 5) is 0. The van der Waals surface area contributed by atoms with E-state index in [1.54, 1.807) is 6.92 Å². The molecule has 0 aliphatic heterocycles. The van der Waals surface area contributed by atoms with E-state index in [9.17, 15) is 17.6 Å². The fourth-order valence-corrected chi connectivity index (χ4v) is 1.85. The Morgan fingerprint density at radius 1 is 0.840 bits per heavy atom. The van der Waals surface area contributed by atoms with E-state index < -0.39 is 23.3 Å². The van der Waals surface area contributed by atoms with E-state index in [0.29, 0.717) is 12.0 Å². The van der Waals surface area contributed by atoms with E-state index in [2.05, 4.69) is 16.1 Å². The van der Waals surface area contributed by atoms with E-state index in [1.807, 2.05) is 0 Å². The first-order valence-electron chi connectivity index (χ1n) is 7.05. The summed E-state index contributed by atoms with van der Waals surface area (Å²) < 4.78 is 60.9. The minimum atomic E-state index is -0.589. The molecule has 25 heavy (non-hydrogen) atoms. The van der Waals surface area contributed by atoms with Gasteiger partial charge in [0.05, 0.1) is 14.2 Å². The Balaban J connectivity index is 0.000000443. The second-order valence-electron chi connectivity index (χ2n) is 4.64. The van der Waals surface area contributed by atoms with Gasteiger partial charge < -0.3 is 9.47 Å². The van der Waals surface area contributed by atoms with Crippen LogP contribution in [0.2, 0.25) is 0 Å². The number of halogens is 4. The van der Waals surface area contributed by atoms with Crippen LogP contribution in [0.15, 0.2) is 30.8 Å². The van der Waals surface area contributed by atoms with Crippen LogP contribution in [0, 0.1) is 23.3 Å². The third kappa shape index (κ3) is 5.81. The van der Waals surface area contributed by atoms with Crippen LogP contribution < -0.4 is 9.47 Å². The molecule has 0 spiro atoms. The molecule has 0 fully saturated rings. The van der Waals surface area contributed by atoms with Gasteiger partial charge in [0, 0.05) is 17.7 Å². The van der Waals surface area contributed by atoms with Gasteiger partial charge in [-0.2, -0.15) is 0 Å². The van der Waals surface area contributed by atoms with Crippen LogP contribution in [-0.4, -0.2) is 14.2 Å². The molecule has 0 aliphatic carbocycles. The molecule has 0 amide bonds. The van der Waals surface area contributed by atoms with Gasteiger partial charge in [-0.1, -0.05) is 27.0 Å². The quantitative estimate of drug-likeness (QED) is 0.644. The molecule has 0 unspecified atom stereocenters. The SMILES string of the molecule is C.C=Cc1cc(F)c(OC)cc1F.CCc1cc(F)c(OC)cc1F. The summed E-state index contributed by atoms with van der Waals surface area (Å²) in [6, 6.07) is 4.26. The van der Waals surface area contributed by atoms with Crippen molar-refractivity contribution in [1.29, 1.82) is 0 Å². The molecule has 2 rings (SSSR count). The van der Waals surface area contributed by atoms with Crippen molar-refractivity contribution < 1.29 is 27.0 Å². The lowest BCUT2D eigenvalue weighted by atomic mass is 10.1. The zero-order valence-corrected chi connectivity index (χ0v) is 13.6. The van der Waals surface area contributed by atoms with Crippen LogP contribution in [0.1, 0.15) is 25.5 Å². The molecule has 0 aliphatic rings. The van der Waals surface area contributed by atoms with Crippen molar-refractivity contribution in [3.05, 3.63) is 65.2 Å². The Labute approximate surface area is 145 Å². The predicted octanol–water partition coefficient (Wildman–Crippen LogP) is 5.79. The van der Waals surface area contributed by atoms with Crippen LogP contribution in [0.5, 0.6) is 11.5 Å². The molecule has 0 N–H and O–H groups in total. The minimum Gasteiger partial charge on any atom is -0.494 e. The summed E-state index contributed by atoms with van der Waals surface area (Å²) >= 11 is 0. The predicted molar refractivity (Wildman–Crippen MR) is 92.0 cm³/mol. The maximum absolute atomic E-state index is 13.0. The molecule has 0 saturated heterocycles. The van der Waals surface area contributed by atoms with Gasteiger partial charge in [0.2, 0.25) is 0 Å². The van der Waals surface area contributed by atoms with Crippen molar-refractivity contribution in [2.75, 3.05) is 14.2 Å². The van der Waals surface area contributed by atoms with E-state index in [0.717, 1.165) is 24.3 Å². The van der Waals surface area contributed by atoms with Crippen LogP contribution in [-0.2, 0) is 6.42 Å². The van der Waals surface area contributed by atoms with Crippen molar-refractivity contribution in [2.45, 2.75) is 20.8 Å². The summed E-state index contributed by atoms with van der Waals surface area (Å²) in [5.41, 5.74) is 0.501. The highest BCUT2D eigenvalue weighted by Gasteiger charge is 2.08. The van der Waals surface area contributed by atoms with E-state index in [4.69, 9.17) is 0 Å². The molecule has 0 aromatic heterocycles. The van der Waals surface area contributed by atoms with Crippen molar-refractivity contribution in [2.24, 2.45) is 0 Å². The van der Waals surface area contributed by atoms with Gasteiger partial charge in [-0.25, -0.2) is 17.6 Å². The largest absolute Gasteiger partial charge is 0.494 e. The molecule has 0 radical (unpaired) electrons. The van der Waals surface area contributed by atoms with Crippen LogP contribution in [0.3, 0.4) is 0 Å². The summed E-state index contributed by atoms with van der Waals surface area (Å²) in [5.74, 6) is -2.22. The number of hydrogen-bond acceptors (Lipinski definition) is 2. The maximum Gasteiger partial charge on any atom is 0.165 e. The van der Waals surface area contributed by atoms with Gasteiger partial charge in [-0.3, -0.25) is 0 Å². The highest BCUT2D eigenvalue weighted by atomic mass is 19.1. The van der Waals surface area contributed by atoms with Crippen molar-refractivity contribution in [3.8, 4) is 11.5 Å². The minimum absolute atomic E-state index is 0. The average Bonchev–Trinajstić information content (AvgIpc) is 2.58. The van der Waals surface area contributed by atoms with E-state index in [1.165, 1.54) is 20.3 Å². The molecule has 0 heterocycles. The van der Waals surface area contributed by atoms with Gasteiger partial charge in [0.25, 0.3) is 0 Å². The first-order chi connectivity index (χ1) is 11.4. The molecule has 6 heteroatoms. The second kappa shape index (κ2) is 10.4. The average molecular weight is 358 g/mol. The molecular weight excluding hydrogens is 336 g/mol. The fraction of sp³-hybridized carbons (Fsp3) is 0.263. The second-order valence-corrected chi connectivity index (χ2v) is 4.64. The summed E-state index contributed by atoms with van der Waals surface area (Å²) in [7, 11) is 2.59. The maximum atomic E-state index is 13.0. The number of rotatable bonds is 4. The topological polar surface area (TPSA) is 18.5 Å². The van der Waals surface area contributed by atoms with Gasteiger partial charge in [-0.05, 0) is 24.1 Å². The monoisotopic (exact) mass is 358 g/mol. The van der Waals surface area contributed by atoms with Gasteiger partial charge in [0.1, 0.15) is 11.6 Å². The van der Waals surface area contributed by atoms with Crippen LogP contribution in [0.25, 0.3) is 6.08 Å². The number of benzene rings is 2. The zero-order chi connectivity index (χ0) is 18.3. The summed E-state index contributed by atoms with van der Waals surface area (Å²) in [6.45, 7) is 5.11. The lowest BCUT2D eigenvalue weighted by molar-refractivity contribution is 0.382. The molecule has 2 aromatic rings. The third-order valence-electron chi connectivity index (χ3n) is 3.19. The molecule has 0 atom stereocenters. The van der Waals surface area contributed by atoms with Gasteiger partial charge in [0.15, 0.2) is 23.1 Å². The molecule has 138 valence electrons. The smallest absolute Gasteiger partial charge is 0.165 e. The third-order valence-corrected chi connectivity index (χ3v) is 3.19.